The van der Waals surface area contributed by atoms with E-state index < -0.39 is 167 Å². The number of nitrogens with zero attached hydrogens (tertiary/aromatic N) is 6. The van der Waals surface area contributed by atoms with Crippen molar-refractivity contribution in [2.45, 2.75) is 253 Å². The van der Waals surface area contributed by atoms with Gasteiger partial charge < -0.3 is 71.1 Å². The third-order valence-corrected chi connectivity index (χ3v) is 18.6. The van der Waals surface area contributed by atoms with Gasteiger partial charge in [-0.2, -0.15) is 0 Å². The lowest BCUT2D eigenvalue weighted by Gasteiger charge is -2.38. The highest BCUT2D eigenvalue weighted by molar-refractivity contribution is 5.99. The topological polar surface area (TPSA) is 326 Å². The Hall–Kier alpha value is -8.00. The molecular formula is C75H122N12O14. The third kappa shape index (κ3) is 26.4. The van der Waals surface area contributed by atoms with E-state index in [9.17, 15) is 43.5 Å². The van der Waals surface area contributed by atoms with Gasteiger partial charge in [0, 0.05) is 80.1 Å². The van der Waals surface area contributed by atoms with Crippen LogP contribution in [0.5, 0.6) is 0 Å². The molecule has 14 atom stereocenters. The lowest BCUT2D eigenvalue weighted by molar-refractivity contribution is -0.152. The second kappa shape index (κ2) is 40.0. The van der Waals surface area contributed by atoms with Gasteiger partial charge in [-0.25, -0.2) is 0 Å². The van der Waals surface area contributed by atoms with Gasteiger partial charge >= 0.3 is 0 Å². The number of benzene rings is 2. The molecule has 0 unspecified atom stereocenters. The summed E-state index contributed by atoms with van der Waals surface area (Å²) in [6, 6.07) is 2.95. The van der Waals surface area contributed by atoms with Crippen molar-refractivity contribution in [2.75, 3.05) is 48.9 Å². The van der Waals surface area contributed by atoms with E-state index in [4.69, 9.17) is 4.74 Å². The number of carbonyl (C=O) groups excluding carboxylic acids is 12. The zero-order valence-corrected chi connectivity index (χ0v) is 64.5. The largest absolute Gasteiger partial charge is 0.391 e. The van der Waals surface area contributed by atoms with Gasteiger partial charge in [0.2, 0.25) is 70.9 Å². The molecule has 101 heavy (non-hydrogen) atoms. The van der Waals surface area contributed by atoms with Gasteiger partial charge in [0.05, 0.1) is 18.3 Å². The predicted octanol–water partition coefficient (Wildman–Crippen LogP) is 4.23. The van der Waals surface area contributed by atoms with Gasteiger partial charge in [-0.05, 0) is 108 Å². The normalized spacial score (nSPS) is 26.3. The van der Waals surface area contributed by atoms with Crippen molar-refractivity contribution in [3.8, 4) is 0 Å². The summed E-state index contributed by atoms with van der Waals surface area (Å²) in [6.45, 7) is 29.1. The second-order valence-electron chi connectivity index (χ2n) is 30.4. The van der Waals surface area contributed by atoms with Crippen LogP contribution in [-0.2, 0) is 75.1 Å². The lowest BCUT2D eigenvalue weighted by Crippen LogP contribution is -2.62. The Morgan fingerprint density at radius 3 is 1.39 bits per heavy atom. The summed E-state index contributed by atoms with van der Waals surface area (Å²) < 4.78 is 6.20. The number of nitrogens with one attached hydrogen (secondary N) is 6. The molecule has 0 aliphatic carbocycles. The maximum Gasteiger partial charge on any atom is 0.247 e. The van der Waals surface area contributed by atoms with Crippen molar-refractivity contribution in [2.24, 2.45) is 29.6 Å². The fraction of sp³-hybridized carbons (Fsp3) is 0.680. The van der Waals surface area contributed by atoms with Crippen LogP contribution in [0.4, 0.5) is 0 Å². The lowest BCUT2D eigenvalue weighted by atomic mass is 9.94. The van der Waals surface area contributed by atoms with Gasteiger partial charge in [0.1, 0.15) is 60.4 Å². The monoisotopic (exact) mass is 1410 g/mol. The van der Waals surface area contributed by atoms with Crippen molar-refractivity contribution in [1.29, 1.82) is 0 Å². The molecule has 0 bridgehead atoms. The number of aliphatic hydroxyl groups excluding tert-OH is 1. The number of amides is 12. The molecule has 3 rings (SSSR count). The van der Waals surface area contributed by atoms with Crippen LogP contribution in [0.2, 0.25) is 0 Å². The number of rotatable bonds is 16. The van der Waals surface area contributed by atoms with E-state index in [1.54, 1.807) is 116 Å². The van der Waals surface area contributed by atoms with Gasteiger partial charge in [-0.1, -0.05) is 136 Å². The minimum absolute atomic E-state index is 0.0657. The first-order valence-electron chi connectivity index (χ1n) is 35.7. The molecule has 0 spiro atoms. The highest BCUT2D eigenvalue weighted by Crippen LogP contribution is 2.24. The maximum atomic E-state index is 15.6. The molecule has 1 aliphatic heterocycles. The van der Waals surface area contributed by atoms with Crippen molar-refractivity contribution in [1.82, 2.24) is 61.3 Å². The highest BCUT2D eigenvalue weighted by Gasteiger charge is 2.44. The van der Waals surface area contributed by atoms with E-state index in [1.807, 2.05) is 48.5 Å². The average Bonchev–Trinajstić information content (AvgIpc) is 0.820. The van der Waals surface area contributed by atoms with Crippen LogP contribution in [0, 0.1) is 29.6 Å². The fourth-order valence-corrected chi connectivity index (χ4v) is 12.2. The molecule has 7 N–H and O–H groups in total. The van der Waals surface area contributed by atoms with Crippen LogP contribution in [0.1, 0.15) is 167 Å². The summed E-state index contributed by atoms with van der Waals surface area (Å²) in [5.74, 6) is -9.73. The minimum atomic E-state index is -1.70. The van der Waals surface area contributed by atoms with Crippen LogP contribution in [-0.4, -0.2) is 238 Å². The summed E-state index contributed by atoms with van der Waals surface area (Å²) in [7, 11) is 8.57. The molecule has 12 amide bonds. The van der Waals surface area contributed by atoms with Crippen LogP contribution >= 0.6 is 0 Å². The van der Waals surface area contributed by atoms with Crippen LogP contribution in [0.3, 0.4) is 0 Å². The Morgan fingerprint density at radius 2 is 0.891 bits per heavy atom. The van der Waals surface area contributed by atoms with E-state index >= 15 is 19.2 Å². The number of carbonyl (C=O) groups is 12. The molecule has 2 aromatic rings. The van der Waals surface area contributed by atoms with E-state index in [-0.39, 0.29) is 69.3 Å². The number of hydrogen-bond acceptors (Lipinski definition) is 14. The van der Waals surface area contributed by atoms with E-state index in [1.165, 1.54) is 85.5 Å². The maximum absolute atomic E-state index is 15.6. The zero-order chi connectivity index (χ0) is 76.8. The number of hydrogen-bond donors (Lipinski definition) is 7. The van der Waals surface area contributed by atoms with Gasteiger partial charge in [0.25, 0.3) is 0 Å². The summed E-state index contributed by atoms with van der Waals surface area (Å²) >= 11 is 0. The van der Waals surface area contributed by atoms with E-state index in [0.717, 1.165) is 0 Å². The second-order valence-corrected chi connectivity index (χ2v) is 30.4. The standard InChI is InChI=1S/C75H122N12O14/c1-24-47(10)64-69(95)77-49(12)39-61(90)83(19)56(35-43(2)3)67(93)81-63(51(14)88)68(94)78-54(40-52-31-27-25-28-32-52)70(96)86(22)59(41-53-33-29-26-30-34-53)73(99)84(20)57(36-44(4)5)66(92)79-55(42-101-75(15,16)17)71(97)85(21)58(37-45(6)7)72(98)82(18)50(13)65(91)76-48(11)38-60(89)80-62(46(8)9)74(100)87(64)23/h25-34,43-51,54-59,62-64,88H,24,35-42H2,1-23H3,(H,76,91)(H,77,95)(H,78,94)(H,79,92)(H,80,89)(H,81,93)/t47-,48-,49-,50-,51+,54-,55-,56-,57-,58-,59-,62+,63-,64-/m0/s1. The van der Waals surface area contributed by atoms with E-state index in [2.05, 4.69) is 31.9 Å². The molecule has 0 radical (unpaired) electrons. The summed E-state index contributed by atoms with van der Waals surface area (Å²) in [5, 5.41) is 28.2. The molecule has 1 saturated heterocycles. The quantitative estimate of drug-likeness (QED) is 0.124. The molecule has 1 aliphatic rings. The summed E-state index contributed by atoms with van der Waals surface area (Å²) in [5.41, 5.74) is 0.392. The van der Waals surface area contributed by atoms with Crippen LogP contribution in [0.25, 0.3) is 0 Å². The Bertz CT molecular complexity index is 3110. The Kier molecular flexibility index (Phi) is 34.5. The minimum Gasteiger partial charge on any atom is -0.391 e. The number of likely N-dealkylation sites (N-methyl/N-ethyl adjacent to an activating group) is 6. The average molecular weight is 1420 g/mol. The van der Waals surface area contributed by atoms with Crippen molar-refractivity contribution in [3.63, 3.8) is 0 Å². The molecule has 1 fully saturated rings. The predicted molar refractivity (Wildman–Crippen MR) is 388 cm³/mol. The Balaban J connectivity index is 2.35. The Morgan fingerprint density at radius 1 is 0.455 bits per heavy atom. The SMILES string of the molecule is CC[C@H](C)[C@H]1C(=O)N[C@@H](C)CC(=O)N(C)[C@@H](CC(C)C)C(=O)N[C@@H]([C@@H](C)O)C(=O)N[C@@H](Cc2ccccc2)C(=O)N(C)[C@@H](Cc2ccccc2)C(=O)N(C)[C@@H](CC(C)C)C(=O)N[C@@H](COC(C)(C)C)C(=O)N(C)[C@@H](CC(C)C)C(=O)N(C)[C@@H](C)C(=O)N[C@@H](C)CC(=O)N[C@H](C(C)C)C(=O)N1C. The molecule has 0 aromatic heterocycles. The molecule has 1 heterocycles. The smallest absolute Gasteiger partial charge is 0.247 e. The fourth-order valence-electron chi connectivity index (χ4n) is 12.2. The van der Waals surface area contributed by atoms with Crippen molar-refractivity contribution >= 4 is 70.9 Å². The molecule has 26 heteroatoms. The molecular weight excluding hydrogens is 1290 g/mol. The molecule has 26 nitrogen and oxygen atoms in total. The van der Waals surface area contributed by atoms with Gasteiger partial charge in [0.15, 0.2) is 0 Å². The molecule has 2 aromatic carbocycles. The van der Waals surface area contributed by atoms with Gasteiger partial charge in [-0.3, -0.25) is 57.5 Å². The number of ether oxygens (including phenoxy) is 1. The number of aliphatic hydroxyl groups is 1. The Labute approximate surface area is 600 Å². The zero-order valence-electron chi connectivity index (χ0n) is 64.5. The molecule has 566 valence electrons. The van der Waals surface area contributed by atoms with Gasteiger partial charge in [-0.15, -0.1) is 0 Å². The third-order valence-electron chi connectivity index (χ3n) is 18.6. The van der Waals surface area contributed by atoms with Crippen LogP contribution < -0.4 is 31.9 Å². The summed E-state index contributed by atoms with van der Waals surface area (Å²) in [4.78, 5) is 184. The first-order valence-corrected chi connectivity index (χ1v) is 35.7. The first kappa shape index (κ1) is 87.2. The van der Waals surface area contributed by atoms with E-state index in [0.29, 0.717) is 17.5 Å². The van der Waals surface area contributed by atoms with Crippen molar-refractivity contribution in [3.05, 3.63) is 71.8 Å². The van der Waals surface area contributed by atoms with Crippen molar-refractivity contribution < 1.29 is 67.4 Å². The highest BCUT2D eigenvalue weighted by atomic mass is 16.5. The molecule has 0 saturated carbocycles. The first-order chi connectivity index (χ1) is 46.9. The van der Waals surface area contributed by atoms with Crippen LogP contribution in [0.15, 0.2) is 60.7 Å². The summed E-state index contributed by atoms with van der Waals surface area (Å²) in [6.07, 6.45) is -1.64.